The topological polar surface area (TPSA) is 37.8 Å². The van der Waals surface area contributed by atoms with Crippen molar-refractivity contribution in [2.45, 2.75) is 6.54 Å². The number of aromatic nitrogens is 2. The lowest BCUT2D eigenvalue weighted by molar-refractivity contribution is 1.07. The van der Waals surface area contributed by atoms with Gasteiger partial charge in [0.15, 0.2) is 0 Å². The second-order valence-electron chi connectivity index (χ2n) is 4.22. The lowest BCUT2D eigenvalue weighted by Gasteiger charge is -2.03. The van der Waals surface area contributed by atoms with Crippen molar-refractivity contribution >= 4 is 33.0 Å². The molecular weight excluding hydrogens is 334 g/mol. The number of thiazole rings is 1. The number of rotatable bonds is 4. The number of nitrogens with one attached hydrogen (secondary N) is 1. The maximum Gasteiger partial charge on any atom is 0.142 e. The van der Waals surface area contributed by atoms with Gasteiger partial charge in [0.25, 0.3) is 0 Å². The quantitative estimate of drug-likeness (QED) is 0.751. The zero-order valence-corrected chi connectivity index (χ0v) is 13.0. The molecule has 2 aromatic heterocycles. The Morgan fingerprint density at radius 3 is 2.70 bits per heavy atom. The van der Waals surface area contributed by atoms with Gasteiger partial charge >= 0.3 is 0 Å². The molecule has 0 radical (unpaired) electrons. The molecule has 0 fully saturated rings. The normalized spacial score (nSPS) is 10.4. The van der Waals surface area contributed by atoms with Crippen LogP contribution in [0.3, 0.4) is 0 Å². The molecule has 20 heavy (non-hydrogen) atoms. The molecule has 3 aromatic rings. The van der Waals surface area contributed by atoms with Gasteiger partial charge in [0.1, 0.15) is 5.01 Å². The van der Waals surface area contributed by atoms with Crippen LogP contribution in [0.25, 0.3) is 10.7 Å². The number of anilines is 1. The fourth-order valence-corrected chi connectivity index (χ4v) is 2.81. The Morgan fingerprint density at radius 2 is 1.95 bits per heavy atom. The van der Waals surface area contributed by atoms with Gasteiger partial charge in [0.2, 0.25) is 0 Å². The van der Waals surface area contributed by atoms with Crippen molar-refractivity contribution in [3.05, 3.63) is 64.2 Å². The van der Waals surface area contributed by atoms with Crippen LogP contribution < -0.4 is 5.32 Å². The number of benzene rings is 1. The molecule has 3 nitrogen and oxygen atoms in total. The van der Waals surface area contributed by atoms with Crippen molar-refractivity contribution in [1.29, 1.82) is 0 Å². The first-order valence-electron chi connectivity index (χ1n) is 6.16. The second kappa shape index (κ2) is 6.15. The van der Waals surface area contributed by atoms with Crippen LogP contribution in [0.1, 0.15) is 5.69 Å². The van der Waals surface area contributed by atoms with Crippen molar-refractivity contribution in [2.75, 3.05) is 5.32 Å². The molecule has 0 amide bonds. The van der Waals surface area contributed by atoms with Crippen LogP contribution in [0.2, 0.25) is 0 Å². The Labute approximate surface area is 129 Å². The van der Waals surface area contributed by atoms with Crippen LogP contribution in [0, 0.1) is 0 Å². The summed E-state index contributed by atoms with van der Waals surface area (Å²) < 4.78 is 1.08. The van der Waals surface area contributed by atoms with Crippen LogP contribution in [0.15, 0.2) is 58.5 Å². The molecule has 0 unspecified atom stereocenters. The molecule has 2 heterocycles. The van der Waals surface area contributed by atoms with E-state index >= 15 is 0 Å². The van der Waals surface area contributed by atoms with E-state index in [1.54, 1.807) is 17.5 Å². The van der Waals surface area contributed by atoms with Gasteiger partial charge in [-0.3, -0.25) is 4.98 Å². The van der Waals surface area contributed by atoms with Gasteiger partial charge in [0, 0.05) is 21.7 Å². The Bertz CT molecular complexity index is 680. The number of nitrogens with zero attached hydrogens (tertiary/aromatic N) is 2. The molecule has 0 aliphatic heterocycles. The zero-order chi connectivity index (χ0) is 13.8. The van der Waals surface area contributed by atoms with E-state index in [1.807, 2.05) is 42.5 Å². The highest BCUT2D eigenvalue weighted by Crippen LogP contribution is 2.22. The third-order valence-electron chi connectivity index (χ3n) is 2.75. The van der Waals surface area contributed by atoms with Crippen molar-refractivity contribution in [3.8, 4) is 10.7 Å². The minimum absolute atomic E-state index is 0.713. The molecule has 1 N–H and O–H groups in total. The van der Waals surface area contributed by atoms with E-state index in [2.05, 4.69) is 36.6 Å². The maximum atomic E-state index is 4.60. The average Bonchev–Trinajstić information content (AvgIpc) is 2.97. The average molecular weight is 346 g/mol. The summed E-state index contributed by atoms with van der Waals surface area (Å²) in [7, 11) is 0. The molecule has 0 saturated carbocycles. The number of hydrogen-bond acceptors (Lipinski definition) is 4. The summed E-state index contributed by atoms with van der Waals surface area (Å²) in [5.41, 5.74) is 3.03. The summed E-state index contributed by atoms with van der Waals surface area (Å²) in [6.45, 7) is 0.713. The first-order chi connectivity index (χ1) is 9.81. The molecule has 0 aliphatic rings. The van der Waals surface area contributed by atoms with Crippen molar-refractivity contribution in [3.63, 3.8) is 0 Å². The number of hydrogen-bond donors (Lipinski definition) is 1. The molecule has 100 valence electrons. The maximum absolute atomic E-state index is 4.60. The predicted molar refractivity (Wildman–Crippen MR) is 86.8 cm³/mol. The van der Waals surface area contributed by atoms with Gasteiger partial charge in [-0.05, 0) is 36.4 Å². The van der Waals surface area contributed by atoms with Gasteiger partial charge in [-0.25, -0.2) is 4.98 Å². The van der Waals surface area contributed by atoms with E-state index in [1.165, 1.54) is 0 Å². The Hall–Kier alpha value is -1.72. The van der Waals surface area contributed by atoms with Gasteiger partial charge in [-0.2, -0.15) is 0 Å². The molecule has 5 heteroatoms. The molecule has 1 aromatic carbocycles. The van der Waals surface area contributed by atoms with Gasteiger partial charge in [-0.15, -0.1) is 11.3 Å². The third kappa shape index (κ3) is 3.23. The lowest BCUT2D eigenvalue weighted by atomic mass is 10.3. The van der Waals surface area contributed by atoms with E-state index in [0.717, 1.165) is 26.6 Å². The minimum Gasteiger partial charge on any atom is -0.379 e. The highest BCUT2D eigenvalue weighted by Gasteiger charge is 2.05. The Morgan fingerprint density at radius 1 is 1.10 bits per heavy atom. The summed E-state index contributed by atoms with van der Waals surface area (Å²) in [5, 5.41) is 6.38. The number of pyridine rings is 1. The fraction of sp³-hybridized carbons (Fsp3) is 0.0667. The summed E-state index contributed by atoms with van der Waals surface area (Å²) in [5.74, 6) is 0. The summed E-state index contributed by atoms with van der Waals surface area (Å²) in [4.78, 5) is 8.91. The van der Waals surface area contributed by atoms with Gasteiger partial charge in [0.05, 0.1) is 17.9 Å². The molecule has 0 saturated heterocycles. The van der Waals surface area contributed by atoms with Gasteiger partial charge in [-0.1, -0.05) is 22.0 Å². The SMILES string of the molecule is Brc1ccc(NCc2csc(-c3ccccn3)n2)cc1. The molecule has 0 bridgehead atoms. The number of halogens is 1. The molecule has 0 atom stereocenters. The summed E-state index contributed by atoms with van der Waals surface area (Å²) >= 11 is 5.04. The summed E-state index contributed by atoms with van der Waals surface area (Å²) in [6, 6.07) is 14.0. The van der Waals surface area contributed by atoms with E-state index < -0.39 is 0 Å². The predicted octanol–water partition coefficient (Wildman–Crippen LogP) is 4.58. The molecule has 3 rings (SSSR count). The Kier molecular flexibility index (Phi) is 4.08. The zero-order valence-electron chi connectivity index (χ0n) is 10.6. The lowest BCUT2D eigenvalue weighted by Crippen LogP contribution is -1.99. The first-order valence-corrected chi connectivity index (χ1v) is 7.84. The van der Waals surface area contributed by atoms with Crippen molar-refractivity contribution < 1.29 is 0 Å². The van der Waals surface area contributed by atoms with Gasteiger partial charge < -0.3 is 5.32 Å². The third-order valence-corrected chi connectivity index (χ3v) is 4.20. The highest BCUT2D eigenvalue weighted by atomic mass is 79.9. The second-order valence-corrected chi connectivity index (χ2v) is 5.99. The van der Waals surface area contributed by atoms with Crippen LogP contribution in [-0.4, -0.2) is 9.97 Å². The highest BCUT2D eigenvalue weighted by molar-refractivity contribution is 9.10. The van der Waals surface area contributed by atoms with Crippen LogP contribution >= 0.6 is 27.3 Å². The van der Waals surface area contributed by atoms with E-state index in [4.69, 9.17) is 0 Å². The van der Waals surface area contributed by atoms with Crippen molar-refractivity contribution in [2.24, 2.45) is 0 Å². The largest absolute Gasteiger partial charge is 0.379 e. The smallest absolute Gasteiger partial charge is 0.142 e. The fourth-order valence-electron chi connectivity index (χ4n) is 1.76. The van der Waals surface area contributed by atoms with Crippen LogP contribution in [0.5, 0.6) is 0 Å². The summed E-state index contributed by atoms with van der Waals surface area (Å²) in [6.07, 6.45) is 1.79. The monoisotopic (exact) mass is 345 g/mol. The molecular formula is C15H12BrN3S. The van der Waals surface area contributed by atoms with E-state index in [0.29, 0.717) is 6.54 Å². The van der Waals surface area contributed by atoms with E-state index in [-0.39, 0.29) is 0 Å². The first kappa shape index (κ1) is 13.3. The van der Waals surface area contributed by atoms with Crippen molar-refractivity contribution in [1.82, 2.24) is 9.97 Å². The molecule has 0 spiro atoms. The minimum atomic E-state index is 0.713. The van der Waals surface area contributed by atoms with E-state index in [9.17, 15) is 0 Å². The molecule has 0 aliphatic carbocycles. The van der Waals surface area contributed by atoms with Crippen LogP contribution in [-0.2, 0) is 6.54 Å². The Balaban J connectivity index is 1.67. The van der Waals surface area contributed by atoms with Crippen LogP contribution in [0.4, 0.5) is 5.69 Å². The standard InChI is InChI=1S/C15H12BrN3S/c16-11-4-6-12(7-5-11)18-9-13-10-20-15(19-13)14-3-1-2-8-17-14/h1-8,10,18H,9H2.